The molecular weight excluding hydrogens is 459 g/mol. The Morgan fingerprint density at radius 1 is 1.16 bits per heavy atom. The second-order valence-corrected chi connectivity index (χ2v) is 10.4. The number of benzene rings is 2. The molecule has 1 saturated heterocycles. The van der Waals surface area contributed by atoms with Gasteiger partial charge in [-0.3, -0.25) is 4.79 Å². The van der Waals surface area contributed by atoms with Gasteiger partial charge in [-0.2, -0.15) is 0 Å². The Bertz CT molecular complexity index is 1030. The van der Waals surface area contributed by atoms with Crippen LogP contribution in [0.15, 0.2) is 42.5 Å². The minimum absolute atomic E-state index is 0.0819. The lowest BCUT2D eigenvalue weighted by Gasteiger charge is -2.33. The van der Waals surface area contributed by atoms with Crippen LogP contribution in [0.5, 0.6) is 5.75 Å². The number of nitrogens with zero attached hydrogens (tertiary/aromatic N) is 2. The Balaban J connectivity index is 1.69. The van der Waals surface area contributed by atoms with E-state index in [1.54, 1.807) is 37.3 Å². The van der Waals surface area contributed by atoms with Crippen LogP contribution >= 0.6 is 23.2 Å². The van der Waals surface area contributed by atoms with E-state index < -0.39 is 15.9 Å². The molecule has 0 bridgehead atoms. The molecule has 0 unspecified atom stereocenters. The van der Waals surface area contributed by atoms with Gasteiger partial charge in [-0.1, -0.05) is 47.5 Å². The molecule has 0 aromatic heterocycles. The van der Waals surface area contributed by atoms with E-state index in [4.69, 9.17) is 27.9 Å². The van der Waals surface area contributed by atoms with Crippen LogP contribution in [0.1, 0.15) is 24.0 Å². The summed E-state index contributed by atoms with van der Waals surface area (Å²) in [5.41, 5.74) is 1.28. The molecule has 0 aliphatic carbocycles. The van der Waals surface area contributed by atoms with Crippen LogP contribution in [-0.2, 0) is 27.1 Å². The van der Waals surface area contributed by atoms with Crippen molar-refractivity contribution in [3.05, 3.63) is 63.6 Å². The predicted octanol–water partition coefficient (Wildman–Crippen LogP) is 4.20. The van der Waals surface area contributed by atoms with Crippen LogP contribution < -0.4 is 4.74 Å². The third-order valence-electron chi connectivity index (χ3n) is 5.49. The zero-order valence-electron chi connectivity index (χ0n) is 17.6. The fraction of sp³-hybridized carbons (Fsp3) is 0.409. The van der Waals surface area contributed by atoms with Crippen molar-refractivity contribution in [2.24, 2.45) is 5.92 Å². The lowest BCUT2D eigenvalue weighted by atomic mass is 9.98. The zero-order valence-corrected chi connectivity index (χ0v) is 19.9. The maximum atomic E-state index is 13.1. The maximum Gasteiger partial charge on any atom is 0.227 e. The molecule has 0 spiro atoms. The van der Waals surface area contributed by atoms with Crippen LogP contribution in [-0.4, -0.2) is 50.8 Å². The van der Waals surface area contributed by atoms with Gasteiger partial charge in [-0.05, 0) is 31.0 Å². The normalized spacial score (nSPS) is 17.4. The van der Waals surface area contributed by atoms with E-state index in [2.05, 4.69) is 0 Å². The molecule has 1 amide bonds. The molecule has 2 aromatic carbocycles. The molecular formula is C22H26Cl2N2O4S. The Morgan fingerprint density at radius 3 is 2.52 bits per heavy atom. The van der Waals surface area contributed by atoms with Crippen LogP contribution in [0.25, 0.3) is 0 Å². The van der Waals surface area contributed by atoms with Crippen molar-refractivity contribution in [3.63, 3.8) is 0 Å². The number of piperidine rings is 1. The van der Waals surface area contributed by atoms with Gasteiger partial charge in [0.05, 0.1) is 18.8 Å². The van der Waals surface area contributed by atoms with Gasteiger partial charge in [-0.15, -0.1) is 0 Å². The summed E-state index contributed by atoms with van der Waals surface area (Å²) < 4.78 is 32.8. The number of ether oxygens (including phenoxy) is 1. The average Bonchev–Trinajstić information content (AvgIpc) is 2.76. The summed E-state index contributed by atoms with van der Waals surface area (Å²) in [5.74, 6) is -0.0538. The molecule has 9 heteroatoms. The number of para-hydroxylation sites is 1. The number of amides is 1. The highest BCUT2D eigenvalue weighted by Gasteiger charge is 2.34. The lowest BCUT2D eigenvalue weighted by molar-refractivity contribution is -0.135. The number of rotatable bonds is 7. The topological polar surface area (TPSA) is 66.9 Å². The molecule has 0 N–H and O–H groups in total. The summed E-state index contributed by atoms with van der Waals surface area (Å²) in [6.07, 6.45) is 1.27. The van der Waals surface area contributed by atoms with Crippen molar-refractivity contribution in [2.75, 3.05) is 27.2 Å². The van der Waals surface area contributed by atoms with E-state index in [1.807, 2.05) is 24.3 Å². The van der Waals surface area contributed by atoms with Gasteiger partial charge < -0.3 is 9.64 Å². The van der Waals surface area contributed by atoms with Crippen LogP contribution in [0, 0.1) is 5.92 Å². The van der Waals surface area contributed by atoms with E-state index >= 15 is 0 Å². The quantitative estimate of drug-likeness (QED) is 0.590. The van der Waals surface area contributed by atoms with E-state index in [9.17, 15) is 13.2 Å². The number of carbonyl (C=O) groups is 1. The van der Waals surface area contributed by atoms with Crippen molar-refractivity contribution in [3.8, 4) is 5.75 Å². The number of methoxy groups -OCH3 is 1. The SMILES string of the molecule is COc1ccccc1CN(C)C(=O)[C@@H]1CCCN(S(=O)(=O)Cc2c(Cl)cccc2Cl)C1. The molecule has 0 radical (unpaired) electrons. The number of hydrogen-bond acceptors (Lipinski definition) is 4. The zero-order chi connectivity index (χ0) is 22.6. The van der Waals surface area contributed by atoms with Gasteiger partial charge in [-0.25, -0.2) is 12.7 Å². The minimum atomic E-state index is -3.67. The highest BCUT2D eigenvalue weighted by Crippen LogP contribution is 2.29. The molecule has 1 atom stereocenters. The number of sulfonamides is 1. The molecule has 1 fully saturated rings. The van der Waals surface area contributed by atoms with Gasteiger partial charge >= 0.3 is 0 Å². The monoisotopic (exact) mass is 484 g/mol. The second-order valence-electron chi connectivity index (χ2n) is 7.66. The molecule has 3 rings (SSSR count). The first-order chi connectivity index (χ1) is 14.7. The van der Waals surface area contributed by atoms with Crippen molar-refractivity contribution in [2.45, 2.75) is 25.1 Å². The first-order valence-corrected chi connectivity index (χ1v) is 12.4. The summed E-state index contributed by atoms with van der Waals surface area (Å²) in [6.45, 7) is 0.922. The molecule has 2 aromatic rings. The lowest BCUT2D eigenvalue weighted by Crippen LogP contribution is -2.46. The highest BCUT2D eigenvalue weighted by molar-refractivity contribution is 7.88. The number of hydrogen-bond donors (Lipinski definition) is 0. The van der Waals surface area contributed by atoms with E-state index in [1.165, 1.54) is 4.31 Å². The largest absolute Gasteiger partial charge is 0.496 e. The number of halogens is 2. The van der Waals surface area contributed by atoms with Crippen molar-refractivity contribution >= 4 is 39.1 Å². The minimum Gasteiger partial charge on any atom is -0.496 e. The third-order valence-corrected chi connectivity index (χ3v) is 7.97. The summed E-state index contributed by atoms with van der Waals surface area (Å²) in [6, 6.07) is 12.4. The fourth-order valence-corrected chi connectivity index (χ4v) is 6.18. The smallest absolute Gasteiger partial charge is 0.227 e. The molecule has 6 nitrogen and oxygen atoms in total. The molecule has 1 aliphatic heterocycles. The van der Waals surface area contributed by atoms with Gasteiger partial charge in [0.2, 0.25) is 15.9 Å². The highest BCUT2D eigenvalue weighted by atomic mass is 35.5. The van der Waals surface area contributed by atoms with Gasteiger partial charge in [0, 0.05) is 47.9 Å². The summed E-state index contributed by atoms with van der Waals surface area (Å²) in [4.78, 5) is 14.7. The van der Waals surface area contributed by atoms with Crippen molar-refractivity contribution < 1.29 is 17.9 Å². The Hall–Kier alpha value is -1.80. The van der Waals surface area contributed by atoms with E-state index in [0.29, 0.717) is 47.3 Å². The fourth-order valence-electron chi connectivity index (χ4n) is 3.82. The molecule has 1 aliphatic rings. The number of carbonyl (C=O) groups excluding carboxylic acids is 1. The van der Waals surface area contributed by atoms with E-state index in [0.717, 1.165) is 5.56 Å². The van der Waals surface area contributed by atoms with Crippen LogP contribution in [0.2, 0.25) is 10.0 Å². The van der Waals surface area contributed by atoms with Crippen LogP contribution in [0.3, 0.4) is 0 Å². The first-order valence-electron chi connectivity index (χ1n) is 10.0. The molecule has 168 valence electrons. The predicted molar refractivity (Wildman–Crippen MR) is 123 cm³/mol. The molecule has 1 heterocycles. The standard InChI is InChI=1S/C22H26Cl2N2O4S/c1-25(13-16-7-3-4-11-21(16)30-2)22(27)17-8-6-12-26(14-17)31(28,29)15-18-19(23)9-5-10-20(18)24/h3-5,7,9-11,17H,6,8,12-15H2,1-2H3/t17-/m1/s1. The molecule has 31 heavy (non-hydrogen) atoms. The second kappa shape index (κ2) is 10.2. The summed E-state index contributed by atoms with van der Waals surface area (Å²) >= 11 is 12.3. The summed E-state index contributed by atoms with van der Waals surface area (Å²) in [7, 11) is -0.348. The Labute approximate surface area is 193 Å². The van der Waals surface area contributed by atoms with Crippen LogP contribution in [0.4, 0.5) is 0 Å². The Morgan fingerprint density at radius 2 is 1.84 bits per heavy atom. The van der Waals surface area contributed by atoms with Crippen molar-refractivity contribution in [1.82, 2.24) is 9.21 Å². The van der Waals surface area contributed by atoms with Gasteiger partial charge in [0.25, 0.3) is 0 Å². The molecule has 0 saturated carbocycles. The van der Waals surface area contributed by atoms with Crippen molar-refractivity contribution in [1.29, 1.82) is 0 Å². The van der Waals surface area contributed by atoms with Gasteiger partial charge in [0.1, 0.15) is 5.75 Å². The maximum absolute atomic E-state index is 13.1. The third kappa shape index (κ3) is 5.71. The van der Waals surface area contributed by atoms with Gasteiger partial charge in [0.15, 0.2) is 0 Å². The first kappa shape index (κ1) is 23.9. The van der Waals surface area contributed by atoms with E-state index in [-0.39, 0.29) is 18.2 Å². The Kier molecular flexibility index (Phi) is 7.86. The average molecular weight is 485 g/mol. The summed E-state index contributed by atoms with van der Waals surface area (Å²) in [5, 5.41) is 0.634.